The summed E-state index contributed by atoms with van der Waals surface area (Å²) in [5.41, 5.74) is 8.63. The molecule has 140 valence electrons. The fourth-order valence-corrected chi connectivity index (χ4v) is 3.39. The number of benzene rings is 2. The number of ether oxygens (including phenoxy) is 1. The van der Waals surface area contributed by atoms with Crippen molar-refractivity contribution in [3.05, 3.63) is 64.5 Å². The molecule has 0 amide bonds. The van der Waals surface area contributed by atoms with Gasteiger partial charge in [0.1, 0.15) is 5.75 Å². The van der Waals surface area contributed by atoms with Crippen molar-refractivity contribution >= 4 is 22.7 Å². The second-order valence-corrected chi connectivity index (χ2v) is 7.36. The van der Waals surface area contributed by atoms with Crippen LogP contribution in [0.2, 0.25) is 0 Å². The Bertz CT molecular complexity index is 917. The Morgan fingerprint density at radius 2 is 2.07 bits per heavy atom. The van der Waals surface area contributed by atoms with Gasteiger partial charge in [0.15, 0.2) is 0 Å². The Hall–Kier alpha value is -2.66. The number of aromatic nitrogens is 1. The number of hydrogen-bond donors (Lipinski definition) is 1. The van der Waals surface area contributed by atoms with E-state index in [0.29, 0.717) is 0 Å². The van der Waals surface area contributed by atoms with Crippen molar-refractivity contribution in [1.82, 2.24) is 4.98 Å². The molecule has 4 nitrogen and oxygen atoms in total. The summed E-state index contributed by atoms with van der Waals surface area (Å²) < 4.78 is 5.73. The highest BCUT2D eigenvalue weighted by atomic mass is 32.1. The number of unbranched alkanes of at least 4 members (excludes halogenated alkanes) is 1. The third kappa shape index (κ3) is 5.41. The number of hydrogen-bond acceptors (Lipinski definition) is 5. The van der Waals surface area contributed by atoms with Crippen LogP contribution in [0.3, 0.4) is 0 Å². The molecule has 0 fully saturated rings. The van der Waals surface area contributed by atoms with Crippen LogP contribution in [-0.4, -0.2) is 17.8 Å². The van der Waals surface area contributed by atoms with Crippen LogP contribution in [0.25, 0.3) is 11.3 Å². The number of nitrogens with one attached hydrogen (secondary N) is 1. The highest BCUT2D eigenvalue weighted by Crippen LogP contribution is 2.28. The van der Waals surface area contributed by atoms with Gasteiger partial charge in [-0.05, 0) is 43.5 Å². The smallest absolute Gasteiger partial charge is 0.203 e. The fraction of sp³-hybridized carbons (Fsp3) is 0.273. The van der Waals surface area contributed by atoms with E-state index < -0.39 is 0 Å². The van der Waals surface area contributed by atoms with E-state index in [-0.39, 0.29) is 0 Å². The van der Waals surface area contributed by atoms with Gasteiger partial charge in [0, 0.05) is 10.9 Å². The summed E-state index contributed by atoms with van der Waals surface area (Å²) in [5.74, 6) is 0.874. The van der Waals surface area contributed by atoms with E-state index in [1.165, 1.54) is 11.1 Å². The molecule has 5 heteroatoms. The first kappa shape index (κ1) is 19.1. The van der Waals surface area contributed by atoms with Crippen molar-refractivity contribution in [2.75, 3.05) is 12.0 Å². The summed E-state index contributed by atoms with van der Waals surface area (Å²) in [6.07, 6.45) is 3.97. The number of thiazole rings is 1. The Labute approximate surface area is 164 Å². The first-order valence-corrected chi connectivity index (χ1v) is 10.1. The van der Waals surface area contributed by atoms with E-state index in [1.54, 1.807) is 17.6 Å². The van der Waals surface area contributed by atoms with Gasteiger partial charge in [-0.2, -0.15) is 5.10 Å². The maximum atomic E-state index is 5.73. The average molecular weight is 380 g/mol. The molecule has 0 aliphatic carbocycles. The maximum Gasteiger partial charge on any atom is 0.203 e. The zero-order valence-corrected chi connectivity index (χ0v) is 16.8. The lowest BCUT2D eigenvalue weighted by Crippen LogP contribution is -1.97. The predicted octanol–water partition coefficient (Wildman–Crippen LogP) is 6.05. The minimum absolute atomic E-state index is 0.746. The first-order chi connectivity index (χ1) is 13.2. The van der Waals surface area contributed by atoms with Crippen LogP contribution in [0.15, 0.2) is 52.9 Å². The van der Waals surface area contributed by atoms with E-state index in [0.717, 1.165) is 47.2 Å². The van der Waals surface area contributed by atoms with Crippen molar-refractivity contribution < 1.29 is 4.74 Å². The molecule has 0 aliphatic heterocycles. The maximum absolute atomic E-state index is 5.73. The van der Waals surface area contributed by atoms with Crippen LogP contribution >= 0.6 is 11.3 Å². The van der Waals surface area contributed by atoms with Crippen molar-refractivity contribution in [1.29, 1.82) is 0 Å². The van der Waals surface area contributed by atoms with Gasteiger partial charge in [0.2, 0.25) is 5.13 Å². The molecule has 0 bridgehead atoms. The number of rotatable bonds is 8. The van der Waals surface area contributed by atoms with E-state index in [1.807, 2.05) is 24.3 Å². The zero-order chi connectivity index (χ0) is 19.1. The number of nitrogens with zero attached hydrogens (tertiary/aromatic N) is 2. The van der Waals surface area contributed by atoms with E-state index in [2.05, 4.69) is 59.9 Å². The van der Waals surface area contributed by atoms with Gasteiger partial charge in [0.25, 0.3) is 0 Å². The molecular formula is C22H25N3OS. The molecule has 0 radical (unpaired) electrons. The molecule has 0 atom stereocenters. The molecule has 1 heterocycles. The lowest BCUT2D eigenvalue weighted by Gasteiger charge is -2.05. The van der Waals surface area contributed by atoms with Crippen LogP contribution in [0, 0.1) is 13.8 Å². The molecule has 1 aromatic heterocycles. The molecule has 3 rings (SSSR count). The highest BCUT2D eigenvalue weighted by molar-refractivity contribution is 7.14. The predicted molar refractivity (Wildman–Crippen MR) is 115 cm³/mol. The normalized spacial score (nSPS) is 11.1. The SMILES string of the molecule is CCCCOc1cccc(/C=N\Nc2nc(-c3ccc(C)cc3C)cs2)c1. The van der Waals surface area contributed by atoms with Gasteiger partial charge in [-0.25, -0.2) is 4.98 Å². The Morgan fingerprint density at radius 1 is 1.19 bits per heavy atom. The number of hydrazone groups is 1. The largest absolute Gasteiger partial charge is 0.494 e. The monoisotopic (exact) mass is 379 g/mol. The lowest BCUT2D eigenvalue weighted by molar-refractivity contribution is 0.309. The Balaban J connectivity index is 1.62. The van der Waals surface area contributed by atoms with Gasteiger partial charge < -0.3 is 4.74 Å². The van der Waals surface area contributed by atoms with Crippen molar-refractivity contribution in [3.63, 3.8) is 0 Å². The second-order valence-electron chi connectivity index (χ2n) is 6.50. The average Bonchev–Trinajstić information content (AvgIpc) is 3.11. The Kier molecular flexibility index (Phi) is 6.60. The fourth-order valence-electron chi connectivity index (χ4n) is 2.73. The van der Waals surface area contributed by atoms with Gasteiger partial charge in [-0.1, -0.05) is 49.2 Å². The summed E-state index contributed by atoms with van der Waals surface area (Å²) >= 11 is 1.55. The first-order valence-electron chi connectivity index (χ1n) is 9.21. The molecule has 1 N–H and O–H groups in total. The zero-order valence-electron chi connectivity index (χ0n) is 16.0. The number of aryl methyl sites for hydroxylation is 2. The van der Waals surface area contributed by atoms with E-state index >= 15 is 0 Å². The van der Waals surface area contributed by atoms with Crippen molar-refractivity contribution in [3.8, 4) is 17.0 Å². The van der Waals surface area contributed by atoms with E-state index in [9.17, 15) is 0 Å². The summed E-state index contributed by atoms with van der Waals surface area (Å²) in [4.78, 5) is 4.64. The highest BCUT2D eigenvalue weighted by Gasteiger charge is 2.07. The summed E-state index contributed by atoms with van der Waals surface area (Å²) in [6.45, 7) is 7.11. The molecule has 0 unspecified atom stereocenters. The topological polar surface area (TPSA) is 46.5 Å². The minimum atomic E-state index is 0.746. The molecule has 27 heavy (non-hydrogen) atoms. The van der Waals surface area contributed by atoms with Crippen LogP contribution < -0.4 is 10.2 Å². The number of anilines is 1. The van der Waals surface area contributed by atoms with Crippen LogP contribution in [0.4, 0.5) is 5.13 Å². The second kappa shape index (κ2) is 9.33. The van der Waals surface area contributed by atoms with Crippen LogP contribution in [0.1, 0.15) is 36.5 Å². The van der Waals surface area contributed by atoms with E-state index in [4.69, 9.17) is 4.74 Å². The van der Waals surface area contributed by atoms with Gasteiger partial charge >= 0.3 is 0 Å². The van der Waals surface area contributed by atoms with Gasteiger partial charge in [-0.3, -0.25) is 5.43 Å². The van der Waals surface area contributed by atoms with Crippen LogP contribution in [-0.2, 0) is 0 Å². The van der Waals surface area contributed by atoms with Crippen molar-refractivity contribution in [2.24, 2.45) is 5.10 Å². The molecule has 0 saturated carbocycles. The van der Waals surface area contributed by atoms with Gasteiger partial charge in [-0.15, -0.1) is 11.3 Å². The Morgan fingerprint density at radius 3 is 2.89 bits per heavy atom. The third-order valence-corrected chi connectivity index (χ3v) is 4.91. The molecule has 0 saturated heterocycles. The third-order valence-electron chi connectivity index (χ3n) is 4.16. The summed E-state index contributed by atoms with van der Waals surface area (Å²) in [7, 11) is 0. The quantitative estimate of drug-likeness (QED) is 0.294. The molecule has 2 aromatic carbocycles. The van der Waals surface area contributed by atoms with Crippen LogP contribution in [0.5, 0.6) is 5.75 Å². The summed E-state index contributed by atoms with van der Waals surface area (Å²) in [5, 5.41) is 7.14. The molecular weight excluding hydrogens is 354 g/mol. The van der Waals surface area contributed by atoms with Crippen molar-refractivity contribution in [2.45, 2.75) is 33.6 Å². The summed E-state index contributed by atoms with van der Waals surface area (Å²) in [6, 6.07) is 14.3. The van der Waals surface area contributed by atoms with Gasteiger partial charge in [0.05, 0.1) is 18.5 Å². The standard InChI is InChI=1S/C22H25N3OS/c1-4-5-11-26-19-8-6-7-18(13-19)14-23-25-22-24-21(15-27-22)20-10-9-16(2)12-17(20)3/h6-10,12-15H,4-5,11H2,1-3H3,(H,24,25)/b23-14-. The molecule has 0 spiro atoms. The molecule has 3 aromatic rings. The molecule has 0 aliphatic rings. The lowest BCUT2D eigenvalue weighted by atomic mass is 10.0. The minimum Gasteiger partial charge on any atom is -0.494 e.